The van der Waals surface area contributed by atoms with Gasteiger partial charge in [0.15, 0.2) is 0 Å². The van der Waals surface area contributed by atoms with Crippen molar-refractivity contribution in [2.45, 2.75) is 40.7 Å². The third-order valence-electron chi connectivity index (χ3n) is 3.40. The highest BCUT2D eigenvalue weighted by atomic mass is 16.4. The van der Waals surface area contributed by atoms with Gasteiger partial charge in [-0.3, -0.25) is 4.90 Å². The van der Waals surface area contributed by atoms with E-state index >= 15 is 0 Å². The summed E-state index contributed by atoms with van der Waals surface area (Å²) in [7, 11) is 1.63. The predicted molar refractivity (Wildman–Crippen MR) is 83.7 cm³/mol. The van der Waals surface area contributed by atoms with Crippen molar-refractivity contribution >= 4 is 17.7 Å². The molecule has 5 nitrogen and oxygen atoms in total. The van der Waals surface area contributed by atoms with Crippen LogP contribution in [0.25, 0.3) is 0 Å². The molecule has 0 unspecified atom stereocenters. The monoisotopic (exact) mass is 292 g/mol. The zero-order chi connectivity index (χ0) is 16.4. The molecule has 0 aliphatic carbocycles. The number of carbonyl (C=O) groups excluding carboxylic acids is 1. The van der Waals surface area contributed by atoms with Crippen LogP contribution in [0, 0.1) is 19.3 Å². The van der Waals surface area contributed by atoms with E-state index in [0.29, 0.717) is 0 Å². The van der Waals surface area contributed by atoms with E-state index in [1.807, 2.05) is 32.0 Å². The smallest absolute Gasteiger partial charge is 0.326 e. The maximum Gasteiger partial charge on any atom is 0.326 e. The highest BCUT2D eigenvalue weighted by molar-refractivity contribution is 5.94. The van der Waals surface area contributed by atoms with E-state index in [1.165, 1.54) is 4.90 Å². The molecule has 2 N–H and O–H groups in total. The number of aryl methyl sites for hydroxylation is 2. The van der Waals surface area contributed by atoms with Crippen LogP contribution in [0.3, 0.4) is 0 Å². The van der Waals surface area contributed by atoms with E-state index in [4.69, 9.17) is 0 Å². The van der Waals surface area contributed by atoms with Crippen LogP contribution < -0.4 is 10.2 Å². The van der Waals surface area contributed by atoms with Crippen molar-refractivity contribution in [3.63, 3.8) is 0 Å². The largest absolute Gasteiger partial charge is 0.480 e. The van der Waals surface area contributed by atoms with Gasteiger partial charge in [-0.1, -0.05) is 38.5 Å². The minimum Gasteiger partial charge on any atom is -0.480 e. The molecule has 1 aromatic rings. The van der Waals surface area contributed by atoms with Gasteiger partial charge >= 0.3 is 12.0 Å². The maximum absolute atomic E-state index is 12.3. The first-order valence-electron chi connectivity index (χ1n) is 6.88. The third kappa shape index (κ3) is 4.21. The number of urea groups is 1. The quantitative estimate of drug-likeness (QED) is 0.900. The zero-order valence-electron chi connectivity index (χ0n) is 13.5. The molecule has 0 heterocycles. The summed E-state index contributed by atoms with van der Waals surface area (Å²) in [5, 5.41) is 11.9. The van der Waals surface area contributed by atoms with Crippen molar-refractivity contribution < 1.29 is 14.7 Å². The van der Waals surface area contributed by atoms with Crippen molar-refractivity contribution in [3.05, 3.63) is 29.3 Å². The molecular formula is C16H24N2O3. The van der Waals surface area contributed by atoms with Crippen molar-refractivity contribution in [1.82, 2.24) is 5.32 Å². The Balaban J connectivity index is 2.95. The average molecular weight is 292 g/mol. The van der Waals surface area contributed by atoms with Crippen molar-refractivity contribution in [1.29, 1.82) is 0 Å². The Morgan fingerprint density at radius 2 is 1.81 bits per heavy atom. The number of carbonyl (C=O) groups is 2. The first-order chi connectivity index (χ1) is 9.54. The molecule has 2 amide bonds. The van der Waals surface area contributed by atoms with Crippen molar-refractivity contribution in [2.24, 2.45) is 5.41 Å². The molecule has 5 heteroatoms. The number of benzene rings is 1. The number of hydrogen-bond acceptors (Lipinski definition) is 2. The van der Waals surface area contributed by atoms with Crippen LogP contribution in [0.15, 0.2) is 18.2 Å². The maximum atomic E-state index is 12.3. The lowest BCUT2D eigenvalue weighted by atomic mass is 9.87. The van der Waals surface area contributed by atoms with Gasteiger partial charge in [0.25, 0.3) is 0 Å². The SMILES string of the molecule is Cc1ccc(N(C)C(=O)N[C@H](C(=O)O)C(C)(C)C)c(C)c1. The number of carboxylic acid groups (broad SMARTS) is 1. The van der Waals surface area contributed by atoms with Gasteiger partial charge in [-0.05, 0) is 30.9 Å². The van der Waals surface area contributed by atoms with E-state index in [9.17, 15) is 14.7 Å². The van der Waals surface area contributed by atoms with Gasteiger partial charge < -0.3 is 10.4 Å². The number of hydrogen-bond donors (Lipinski definition) is 2. The third-order valence-corrected chi connectivity index (χ3v) is 3.40. The molecule has 0 fully saturated rings. The van der Waals surface area contributed by atoms with Gasteiger partial charge in [-0.15, -0.1) is 0 Å². The molecule has 1 atom stereocenters. The lowest BCUT2D eigenvalue weighted by molar-refractivity contribution is -0.141. The van der Waals surface area contributed by atoms with Crippen LogP contribution in [-0.4, -0.2) is 30.2 Å². The molecule has 0 spiro atoms. The summed E-state index contributed by atoms with van der Waals surface area (Å²) in [6.07, 6.45) is 0. The second kappa shape index (κ2) is 6.16. The molecule has 0 aromatic heterocycles. The number of amides is 2. The number of nitrogens with zero attached hydrogens (tertiary/aromatic N) is 1. The molecular weight excluding hydrogens is 268 g/mol. The summed E-state index contributed by atoms with van der Waals surface area (Å²) in [5.74, 6) is -1.04. The summed E-state index contributed by atoms with van der Waals surface area (Å²) in [4.78, 5) is 25.1. The predicted octanol–water partition coefficient (Wildman–Crippen LogP) is 2.95. The van der Waals surface area contributed by atoms with E-state index in [2.05, 4.69) is 5.32 Å². The van der Waals surface area contributed by atoms with E-state index in [0.717, 1.165) is 16.8 Å². The standard InChI is InChI=1S/C16H24N2O3/c1-10-7-8-12(11(2)9-10)18(6)15(21)17-13(14(19)20)16(3,4)5/h7-9,13H,1-6H3,(H,17,21)(H,19,20)/t13-/m1/s1. The summed E-state index contributed by atoms with van der Waals surface area (Å²) in [6, 6.07) is 4.39. The van der Waals surface area contributed by atoms with Gasteiger partial charge in [0.1, 0.15) is 6.04 Å². The fourth-order valence-electron chi connectivity index (χ4n) is 2.16. The normalized spacial score (nSPS) is 12.7. The minimum absolute atomic E-state index is 0.427. The Hall–Kier alpha value is -2.04. The molecule has 0 saturated carbocycles. The molecule has 0 saturated heterocycles. The van der Waals surface area contributed by atoms with Crippen molar-refractivity contribution in [3.8, 4) is 0 Å². The lowest BCUT2D eigenvalue weighted by Gasteiger charge is -2.30. The topological polar surface area (TPSA) is 69.6 Å². The fourth-order valence-corrected chi connectivity index (χ4v) is 2.16. The molecule has 0 aliphatic rings. The summed E-state index contributed by atoms with van der Waals surface area (Å²) < 4.78 is 0. The second-order valence-corrected chi connectivity index (χ2v) is 6.44. The Morgan fingerprint density at radius 1 is 1.24 bits per heavy atom. The van der Waals surface area contributed by atoms with Gasteiger partial charge in [-0.25, -0.2) is 9.59 Å². The van der Waals surface area contributed by atoms with Gasteiger partial charge in [0.05, 0.1) is 0 Å². The molecule has 21 heavy (non-hydrogen) atoms. The Bertz CT molecular complexity index is 547. The van der Waals surface area contributed by atoms with Crippen molar-refractivity contribution in [2.75, 3.05) is 11.9 Å². The first-order valence-corrected chi connectivity index (χ1v) is 6.88. The molecule has 0 aliphatic heterocycles. The van der Waals surface area contributed by atoms with Crippen LogP contribution >= 0.6 is 0 Å². The van der Waals surface area contributed by atoms with Crippen LogP contribution in [0.2, 0.25) is 0 Å². The van der Waals surface area contributed by atoms with E-state index < -0.39 is 23.5 Å². The van der Waals surface area contributed by atoms with Crippen LogP contribution in [0.4, 0.5) is 10.5 Å². The van der Waals surface area contributed by atoms with E-state index in [1.54, 1.807) is 27.8 Å². The number of carboxylic acids is 1. The number of nitrogens with one attached hydrogen (secondary N) is 1. The fraction of sp³-hybridized carbons (Fsp3) is 0.500. The van der Waals surface area contributed by atoms with Crippen LogP contribution in [0.1, 0.15) is 31.9 Å². The molecule has 1 rings (SSSR count). The Morgan fingerprint density at radius 3 is 2.24 bits per heavy atom. The molecule has 116 valence electrons. The first kappa shape index (κ1) is 17.0. The molecule has 0 bridgehead atoms. The number of rotatable bonds is 3. The average Bonchev–Trinajstić information content (AvgIpc) is 2.33. The molecule has 1 aromatic carbocycles. The van der Waals surface area contributed by atoms with Gasteiger partial charge in [0, 0.05) is 12.7 Å². The molecule has 0 radical (unpaired) electrons. The lowest BCUT2D eigenvalue weighted by Crippen LogP contribution is -2.52. The van der Waals surface area contributed by atoms with Crippen LogP contribution in [-0.2, 0) is 4.79 Å². The highest BCUT2D eigenvalue weighted by Crippen LogP contribution is 2.22. The van der Waals surface area contributed by atoms with Gasteiger partial charge in [0.2, 0.25) is 0 Å². The minimum atomic E-state index is -1.04. The zero-order valence-corrected chi connectivity index (χ0v) is 13.5. The van der Waals surface area contributed by atoms with Crippen LogP contribution in [0.5, 0.6) is 0 Å². The summed E-state index contributed by atoms with van der Waals surface area (Å²) in [5.41, 5.74) is 2.28. The second-order valence-electron chi connectivity index (χ2n) is 6.44. The summed E-state index contributed by atoms with van der Waals surface area (Å²) in [6.45, 7) is 9.25. The van der Waals surface area contributed by atoms with E-state index in [-0.39, 0.29) is 0 Å². The summed E-state index contributed by atoms with van der Waals surface area (Å²) >= 11 is 0. The number of anilines is 1. The Labute approximate surface area is 126 Å². The highest BCUT2D eigenvalue weighted by Gasteiger charge is 2.33. The van der Waals surface area contributed by atoms with Gasteiger partial charge in [-0.2, -0.15) is 0 Å². The Kier molecular flexibility index (Phi) is 4.99. The number of aliphatic carboxylic acids is 1.